The van der Waals surface area contributed by atoms with Gasteiger partial charge in [0.25, 0.3) is 0 Å². The van der Waals surface area contributed by atoms with Crippen LogP contribution in [-0.4, -0.2) is 5.78 Å². The van der Waals surface area contributed by atoms with Crippen molar-refractivity contribution in [1.29, 1.82) is 0 Å². The average Bonchev–Trinajstić information content (AvgIpc) is 2.35. The third-order valence-electron chi connectivity index (χ3n) is 2.63. The average molecular weight is 264 g/mol. The largest absolute Gasteiger partial charge is 0.398 e. The summed E-state index contributed by atoms with van der Waals surface area (Å²) in [5, 5.41) is 0.286. The van der Waals surface area contributed by atoms with Gasteiger partial charge in [0.15, 0.2) is 5.78 Å². The van der Waals surface area contributed by atoms with Crippen molar-refractivity contribution in [3.63, 3.8) is 0 Å². The molecule has 0 bridgehead atoms. The molecule has 2 aromatic carbocycles. The van der Waals surface area contributed by atoms with Gasteiger partial charge in [0, 0.05) is 5.56 Å². The highest BCUT2D eigenvalue weighted by Gasteiger charge is 2.15. The lowest BCUT2D eigenvalue weighted by atomic mass is 10.0. The summed E-state index contributed by atoms with van der Waals surface area (Å²) in [5.74, 6) is -0.948. The van der Waals surface area contributed by atoms with E-state index in [1.165, 1.54) is 30.3 Å². The molecule has 0 fully saturated rings. The Morgan fingerprint density at radius 2 is 1.94 bits per heavy atom. The van der Waals surface area contributed by atoms with Crippen molar-refractivity contribution in [2.45, 2.75) is 6.92 Å². The van der Waals surface area contributed by atoms with Crippen molar-refractivity contribution in [1.82, 2.24) is 0 Å². The van der Waals surface area contributed by atoms with Crippen molar-refractivity contribution < 1.29 is 9.18 Å². The lowest BCUT2D eigenvalue weighted by Crippen LogP contribution is -2.05. The molecule has 18 heavy (non-hydrogen) atoms. The lowest BCUT2D eigenvalue weighted by Gasteiger charge is -2.05. The van der Waals surface area contributed by atoms with E-state index >= 15 is 0 Å². The summed E-state index contributed by atoms with van der Waals surface area (Å²) in [4.78, 5) is 12.1. The van der Waals surface area contributed by atoms with Crippen LogP contribution in [-0.2, 0) is 0 Å². The van der Waals surface area contributed by atoms with Crippen LogP contribution >= 0.6 is 11.6 Å². The lowest BCUT2D eigenvalue weighted by molar-refractivity contribution is 0.103. The van der Waals surface area contributed by atoms with Gasteiger partial charge >= 0.3 is 0 Å². The fourth-order valence-electron chi connectivity index (χ4n) is 1.64. The fourth-order valence-corrected chi connectivity index (χ4v) is 1.82. The third-order valence-corrected chi connectivity index (χ3v) is 2.96. The number of carbonyl (C=O) groups excluding carboxylic acids is 1. The molecule has 0 spiro atoms. The quantitative estimate of drug-likeness (QED) is 0.664. The predicted octanol–water partition coefficient (Wildman–Crippen LogP) is 3.60. The minimum absolute atomic E-state index is 0.0378. The van der Waals surface area contributed by atoms with Crippen LogP contribution in [0, 0.1) is 12.7 Å². The molecule has 2 rings (SSSR count). The van der Waals surface area contributed by atoms with Crippen LogP contribution in [0.4, 0.5) is 10.1 Å². The Balaban J connectivity index is 2.47. The minimum atomic E-state index is -0.543. The van der Waals surface area contributed by atoms with Gasteiger partial charge in [-0.05, 0) is 37.3 Å². The van der Waals surface area contributed by atoms with Gasteiger partial charge in [0.1, 0.15) is 5.82 Å². The number of anilines is 1. The molecular formula is C14H11ClFNO. The topological polar surface area (TPSA) is 43.1 Å². The maximum Gasteiger partial charge on any atom is 0.196 e. The Morgan fingerprint density at radius 1 is 1.22 bits per heavy atom. The number of aryl methyl sites for hydroxylation is 1. The molecule has 0 aliphatic rings. The van der Waals surface area contributed by atoms with Crippen LogP contribution in [0.25, 0.3) is 0 Å². The van der Waals surface area contributed by atoms with Crippen LogP contribution in [0.3, 0.4) is 0 Å². The van der Waals surface area contributed by atoms with Crippen LogP contribution in [0.1, 0.15) is 21.5 Å². The normalized spacial score (nSPS) is 10.4. The number of rotatable bonds is 2. The maximum atomic E-state index is 13.6. The van der Waals surface area contributed by atoms with Gasteiger partial charge in [-0.25, -0.2) is 4.39 Å². The zero-order valence-corrected chi connectivity index (χ0v) is 10.5. The first kappa shape index (κ1) is 12.6. The molecule has 0 aliphatic heterocycles. The highest BCUT2D eigenvalue weighted by atomic mass is 35.5. The van der Waals surface area contributed by atoms with Gasteiger partial charge in [-0.15, -0.1) is 0 Å². The molecule has 0 atom stereocenters. The molecule has 2 aromatic rings. The second kappa shape index (κ2) is 4.78. The molecule has 0 heterocycles. The first-order chi connectivity index (χ1) is 8.49. The first-order valence-corrected chi connectivity index (χ1v) is 5.72. The SMILES string of the molecule is Cc1ccc(F)c(C(=O)c2ccc(N)c(Cl)c2)c1. The van der Waals surface area contributed by atoms with E-state index < -0.39 is 11.6 Å². The Kier molecular flexibility index (Phi) is 3.34. The molecule has 0 amide bonds. The van der Waals surface area contributed by atoms with Crippen molar-refractivity contribution in [2.75, 3.05) is 5.73 Å². The van der Waals surface area contributed by atoms with Crippen LogP contribution < -0.4 is 5.73 Å². The number of hydrogen-bond acceptors (Lipinski definition) is 2. The second-order valence-electron chi connectivity index (χ2n) is 4.05. The Hall–Kier alpha value is -1.87. The van der Waals surface area contributed by atoms with Gasteiger partial charge in [0.05, 0.1) is 16.3 Å². The van der Waals surface area contributed by atoms with Gasteiger partial charge in [-0.2, -0.15) is 0 Å². The minimum Gasteiger partial charge on any atom is -0.398 e. The Bertz CT molecular complexity index is 625. The number of nitrogens with two attached hydrogens (primary N) is 1. The highest BCUT2D eigenvalue weighted by Crippen LogP contribution is 2.22. The number of halogens is 2. The van der Waals surface area contributed by atoms with Crippen molar-refractivity contribution in [2.24, 2.45) is 0 Å². The van der Waals surface area contributed by atoms with Crippen LogP contribution in [0.5, 0.6) is 0 Å². The number of benzene rings is 2. The molecule has 0 radical (unpaired) electrons. The number of ketones is 1. The summed E-state index contributed by atoms with van der Waals surface area (Å²) in [6.07, 6.45) is 0. The molecular weight excluding hydrogens is 253 g/mol. The molecule has 4 heteroatoms. The standard InChI is InChI=1S/C14H11ClFNO/c1-8-2-4-12(16)10(6-8)14(18)9-3-5-13(17)11(15)7-9/h2-7H,17H2,1H3. The summed E-state index contributed by atoms with van der Waals surface area (Å²) < 4.78 is 13.6. The second-order valence-corrected chi connectivity index (χ2v) is 4.46. The van der Waals surface area contributed by atoms with E-state index in [9.17, 15) is 9.18 Å². The van der Waals surface area contributed by atoms with Gasteiger partial charge in [-0.3, -0.25) is 4.79 Å². The zero-order valence-electron chi connectivity index (χ0n) is 9.71. The summed E-state index contributed by atoms with van der Waals surface area (Å²) in [5.41, 5.74) is 7.13. The Labute approximate surface area is 109 Å². The smallest absolute Gasteiger partial charge is 0.196 e. The third kappa shape index (κ3) is 2.36. The molecule has 2 N–H and O–H groups in total. The summed E-state index contributed by atoms with van der Waals surface area (Å²) in [6.45, 7) is 1.80. The Morgan fingerprint density at radius 3 is 2.61 bits per heavy atom. The molecule has 0 unspecified atom stereocenters. The van der Waals surface area contributed by atoms with Gasteiger partial charge in [-0.1, -0.05) is 23.2 Å². The van der Waals surface area contributed by atoms with E-state index in [0.29, 0.717) is 11.3 Å². The van der Waals surface area contributed by atoms with E-state index in [-0.39, 0.29) is 10.6 Å². The van der Waals surface area contributed by atoms with Gasteiger partial charge in [0.2, 0.25) is 0 Å². The van der Waals surface area contributed by atoms with E-state index in [4.69, 9.17) is 17.3 Å². The predicted molar refractivity (Wildman–Crippen MR) is 70.4 cm³/mol. The van der Waals surface area contributed by atoms with Crippen LogP contribution in [0.15, 0.2) is 36.4 Å². The molecule has 2 nitrogen and oxygen atoms in total. The monoisotopic (exact) mass is 263 g/mol. The van der Waals surface area contributed by atoms with Crippen molar-refractivity contribution >= 4 is 23.1 Å². The summed E-state index contributed by atoms with van der Waals surface area (Å²) in [7, 11) is 0. The van der Waals surface area contributed by atoms with E-state index in [2.05, 4.69) is 0 Å². The van der Waals surface area contributed by atoms with Crippen molar-refractivity contribution in [3.05, 3.63) is 63.9 Å². The number of hydrogen-bond donors (Lipinski definition) is 1. The molecule has 0 aliphatic carbocycles. The molecule has 0 saturated heterocycles. The van der Waals surface area contributed by atoms with E-state index in [1.54, 1.807) is 13.0 Å². The zero-order chi connectivity index (χ0) is 13.3. The highest BCUT2D eigenvalue weighted by molar-refractivity contribution is 6.33. The number of nitrogen functional groups attached to an aromatic ring is 1. The van der Waals surface area contributed by atoms with E-state index in [1.807, 2.05) is 0 Å². The van der Waals surface area contributed by atoms with Gasteiger partial charge < -0.3 is 5.73 Å². The molecule has 92 valence electrons. The van der Waals surface area contributed by atoms with Crippen LogP contribution in [0.2, 0.25) is 5.02 Å². The molecule has 0 aromatic heterocycles. The summed E-state index contributed by atoms with van der Waals surface area (Å²) in [6, 6.07) is 8.92. The molecule has 0 saturated carbocycles. The summed E-state index contributed by atoms with van der Waals surface area (Å²) >= 11 is 5.85. The van der Waals surface area contributed by atoms with Crippen molar-refractivity contribution in [3.8, 4) is 0 Å². The fraction of sp³-hybridized carbons (Fsp3) is 0.0714. The number of carbonyl (C=O) groups is 1. The van der Waals surface area contributed by atoms with E-state index in [0.717, 1.165) is 5.56 Å². The maximum absolute atomic E-state index is 13.6. The first-order valence-electron chi connectivity index (χ1n) is 5.35.